The van der Waals surface area contributed by atoms with Gasteiger partial charge in [-0.15, -0.1) is 0 Å². The summed E-state index contributed by atoms with van der Waals surface area (Å²) in [5, 5.41) is 26.6. The van der Waals surface area contributed by atoms with Gasteiger partial charge < -0.3 is 20.8 Å². The van der Waals surface area contributed by atoms with Gasteiger partial charge in [-0.3, -0.25) is 15.3 Å². The number of hydrogen-bond acceptors (Lipinski definition) is 7. The largest absolute Gasteiger partial charge is 0.507 e. The number of rotatable bonds is 5. The lowest BCUT2D eigenvalue weighted by Gasteiger charge is -2.36. The number of halogens is 1. The number of aromatic hydroxyl groups is 2. The van der Waals surface area contributed by atoms with Gasteiger partial charge in [0.05, 0.1) is 17.3 Å². The van der Waals surface area contributed by atoms with Crippen molar-refractivity contribution in [2.45, 2.75) is 6.54 Å². The summed E-state index contributed by atoms with van der Waals surface area (Å²) in [6.07, 6.45) is 3.21. The molecular weight excluding hydrogens is 448 g/mol. The van der Waals surface area contributed by atoms with Crippen LogP contribution in [0.4, 0.5) is 5.69 Å². The third kappa shape index (κ3) is 4.85. The number of piperazine rings is 1. The molecule has 2 aromatic carbocycles. The smallest absolute Gasteiger partial charge is 0.184 e. The number of nitrogens with two attached hydrogens (primary N) is 1. The molecule has 3 aromatic rings. The molecule has 1 aliphatic rings. The minimum absolute atomic E-state index is 0.0158. The Balaban J connectivity index is 1.46. The molecule has 5 N–H and O–H groups in total. The number of nitrogens with zero attached hydrogens (tertiary/aromatic N) is 4. The topological polar surface area (TPSA) is 110 Å². The molecule has 166 valence electrons. The lowest BCUT2D eigenvalue weighted by Crippen LogP contribution is -2.46. The second-order valence-corrected chi connectivity index (χ2v) is 8.37. The molecule has 0 atom stereocenters. The predicted molar refractivity (Wildman–Crippen MR) is 132 cm³/mol. The van der Waals surface area contributed by atoms with E-state index in [-0.39, 0.29) is 16.6 Å². The fraction of sp³-hybridized carbons (Fsp3) is 0.227. The van der Waals surface area contributed by atoms with E-state index in [4.69, 9.17) is 29.6 Å². The number of hydrazone groups is 1. The van der Waals surface area contributed by atoms with Crippen LogP contribution >= 0.6 is 23.8 Å². The van der Waals surface area contributed by atoms with Crippen molar-refractivity contribution < 1.29 is 10.2 Å². The highest BCUT2D eigenvalue weighted by Crippen LogP contribution is 2.32. The lowest BCUT2D eigenvalue weighted by molar-refractivity contribution is 0.243. The number of nitrogens with one attached hydrogen (secondary N) is 1. The van der Waals surface area contributed by atoms with Crippen LogP contribution < -0.4 is 16.1 Å². The third-order valence-corrected chi connectivity index (χ3v) is 5.77. The third-order valence-electron chi connectivity index (χ3n) is 5.44. The maximum Gasteiger partial charge on any atom is 0.184 e. The number of hydrogen-bond donors (Lipinski definition) is 4. The molecule has 0 radical (unpaired) electrons. The molecule has 0 unspecified atom stereocenters. The molecule has 0 amide bonds. The fourth-order valence-electron chi connectivity index (χ4n) is 3.82. The first-order chi connectivity index (χ1) is 15.4. The molecule has 0 bridgehead atoms. The number of anilines is 1. The standard InChI is InChI=1S/C22H23ClN6O2S/c23-15-2-3-16-18(11-15)25-6-5-19(16)29-9-7-28(8-10-29)13-17-20(30)4-1-14(21(17)31)12-26-27-22(24)32/h1-6,11-12,30-31H,7-10,13H2,(H3,24,27,32)/b26-12+. The van der Waals surface area contributed by atoms with Crippen molar-refractivity contribution in [1.82, 2.24) is 15.3 Å². The van der Waals surface area contributed by atoms with Gasteiger partial charge >= 0.3 is 0 Å². The lowest BCUT2D eigenvalue weighted by atomic mass is 10.1. The van der Waals surface area contributed by atoms with Crippen LogP contribution in [0.2, 0.25) is 5.02 Å². The number of phenols is 2. The summed E-state index contributed by atoms with van der Waals surface area (Å²) < 4.78 is 0. The van der Waals surface area contributed by atoms with Crippen LogP contribution in [0.5, 0.6) is 11.5 Å². The summed E-state index contributed by atoms with van der Waals surface area (Å²) in [6, 6.07) is 10.9. The Morgan fingerprint density at radius 2 is 1.97 bits per heavy atom. The average molecular weight is 471 g/mol. The van der Waals surface area contributed by atoms with Crippen molar-refractivity contribution in [3.8, 4) is 11.5 Å². The molecule has 0 aliphatic carbocycles. The van der Waals surface area contributed by atoms with Gasteiger partial charge in [-0.2, -0.15) is 5.10 Å². The van der Waals surface area contributed by atoms with E-state index in [1.54, 1.807) is 18.3 Å². The van der Waals surface area contributed by atoms with E-state index in [9.17, 15) is 10.2 Å². The van der Waals surface area contributed by atoms with Gasteiger partial charge in [-0.1, -0.05) is 11.6 Å². The number of fused-ring (bicyclic) bond motifs is 1. The van der Waals surface area contributed by atoms with Crippen LogP contribution in [0.25, 0.3) is 10.9 Å². The van der Waals surface area contributed by atoms with Gasteiger partial charge in [0.15, 0.2) is 5.11 Å². The van der Waals surface area contributed by atoms with E-state index in [1.807, 2.05) is 24.3 Å². The highest BCUT2D eigenvalue weighted by Gasteiger charge is 2.22. The van der Waals surface area contributed by atoms with Gasteiger partial charge in [0.2, 0.25) is 0 Å². The van der Waals surface area contributed by atoms with E-state index < -0.39 is 0 Å². The molecule has 32 heavy (non-hydrogen) atoms. The molecule has 4 rings (SSSR count). The number of aromatic nitrogens is 1. The van der Waals surface area contributed by atoms with Crippen LogP contribution in [-0.4, -0.2) is 57.6 Å². The van der Waals surface area contributed by atoms with Crippen LogP contribution in [0.15, 0.2) is 47.7 Å². The number of benzene rings is 2. The van der Waals surface area contributed by atoms with Gasteiger partial charge in [-0.05, 0) is 48.6 Å². The molecule has 0 spiro atoms. The molecule has 1 fully saturated rings. The first-order valence-electron chi connectivity index (χ1n) is 10.1. The summed E-state index contributed by atoms with van der Waals surface area (Å²) in [6.45, 7) is 3.59. The molecule has 1 aliphatic heterocycles. The Morgan fingerprint density at radius 1 is 1.19 bits per heavy atom. The number of phenolic OH excluding ortho intramolecular Hbond substituents is 2. The normalized spacial score (nSPS) is 14.8. The molecule has 1 saturated heterocycles. The molecule has 1 aromatic heterocycles. The van der Waals surface area contributed by atoms with Crippen molar-refractivity contribution in [1.29, 1.82) is 0 Å². The Bertz CT molecular complexity index is 1180. The predicted octanol–water partition coefficient (Wildman–Crippen LogP) is 2.79. The Hall–Kier alpha value is -3.14. The van der Waals surface area contributed by atoms with Gasteiger partial charge in [0.1, 0.15) is 11.5 Å². The fourth-order valence-corrected chi connectivity index (χ4v) is 4.04. The van der Waals surface area contributed by atoms with Gasteiger partial charge in [-0.25, -0.2) is 0 Å². The van der Waals surface area contributed by atoms with Gasteiger partial charge in [0.25, 0.3) is 0 Å². The van der Waals surface area contributed by atoms with Gasteiger partial charge in [0, 0.05) is 60.6 Å². The number of thiocarbonyl (C=S) groups is 1. The second kappa shape index (κ2) is 9.56. The Labute approximate surface area is 195 Å². The maximum atomic E-state index is 10.6. The van der Waals surface area contributed by atoms with E-state index in [0.717, 1.165) is 42.8 Å². The summed E-state index contributed by atoms with van der Waals surface area (Å²) in [7, 11) is 0. The van der Waals surface area contributed by atoms with Crippen LogP contribution in [0.1, 0.15) is 11.1 Å². The molecule has 2 heterocycles. The maximum absolute atomic E-state index is 10.6. The highest BCUT2D eigenvalue weighted by molar-refractivity contribution is 7.80. The van der Waals surface area contributed by atoms with Crippen LogP contribution in [0, 0.1) is 0 Å². The minimum atomic E-state index is -0.0158. The zero-order valence-corrected chi connectivity index (χ0v) is 18.8. The van der Waals surface area contributed by atoms with E-state index in [2.05, 4.69) is 25.3 Å². The zero-order valence-electron chi connectivity index (χ0n) is 17.2. The number of pyridine rings is 1. The van der Waals surface area contributed by atoms with Crippen molar-refractivity contribution >= 4 is 51.7 Å². The van der Waals surface area contributed by atoms with Crippen molar-refractivity contribution in [3.63, 3.8) is 0 Å². The average Bonchev–Trinajstić information content (AvgIpc) is 2.78. The summed E-state index contributed by atoms with van der Waals surface area (Å²) >= 11 is 10.8. The monoisotopic (exact) mass is 470 g/mol. The summed E-state index contributed by atoms with van der Waals surface area (Å²) in [4.78, 5) is 8.93. The first kappa shape index (κ1) is 22.1. The zero-order chi connectivity index (χ0) is 22.7. The SMILES string of the molecule is NC(=S)N/N=C/c1ccc(O)c(CN2CCN(c3ccnc4cc(Cl)ccc34)CC2)c1O. The van der Waals surface area contributed by atoms with E-state index >= 15 is 0 Å². The second-order valence-electron chi connectivity index (χ2n) is 7.49. The summed E-state index contributed by atoms with van der Waals surface area (Å²) in [5.74, 6) is 0.0271. The van der Waals surface area contributed by atoms with Crippen LogP contribution in [-0.2, 0) is 6.54 Å². The Morgan fingerprint density at radius 3 is 2.72 bits per heavy atom. The molecule has 0 saturated carbocycles. The summed E-state index contributed by atoms with van der Waals surface area (Å²) in [5.41, 5.74) is 10.7. The highest BCUT2D eigenvalue weighted by atomic mass is 35.5. The quantitative estimate of drug-likeness (QED) is 0.256. The first-order valence-corrected chi connectivity index (χ1v) is 10.8. The Kier molecular flexibility index (Phi) is 6.59. The molecule has 10 heteroatoms. The van der Waals surface area contributed by atoms with Crippen LogP contribution in [0.3, 0.4) is 0 Å². The minimum Gasteiger partial charge on any atom is -0.507 e. The van der Waals surface area contributed by atoms with Crippen molar-refractivity contribution in [2.24, 2.45) is 10.8 Å². The van der Waals surface area contributed by atoms with E-state index in [1.165, 1.54) is 6.21 Å². The van der Waals surface area contributed by atoms with E-state index in [0.29, 0.717) is 22.7 Å². The molecular formula is C22H23ClN6O2S. The molecule has 8 nitrogen and oxygen atoms in total. The van der Waals surface area contributed by atoms with Crippen molar-refractivity contribution in [3.05, 3.63) is 58.7 Å². The van der Waals surface area contributed by atoms with Crippen molar-refractivity contribution in [2.75, 3.05) is 31.1 Å².